The van der Waals surface area contributed by atoms with Crippen molar-refractivity contribution in [3.63, 3.8) is 0 Å². The number of rotatable bonds is 5. The van der Waals surface area contributed by atoms with Crippen LogP contribution < -0.4 is 10.1 Å². The molecule has 1 amide bonds. The quantitative estimate of drug-likeness (QED) is 0.908. The van der Waals surface area contributed by atoms with E-state index in [1.807, 2.05) is 13.8 Å². The largest absolute Gasteiger partial charge is 0.473 e. The summed E-state index contributed by atoms with van der Waals surface area (Å²) in [5.41, 5.74) is 0.444. The number of halogens is 1. The highest BCUT2D eigenvalue weighted by Crippen LogP contribution is 2.25. The van der Waals surface area contributed by atoms with Crippen LogP contribution in [0.4, 0.5) is 0 Å². The first kappa shape index (κ1) is 16.0. The minimum Gasteiger partial charge on any atom is -0.473 e. The van der Waals surface area contributed by atoms with E-state index >= 15 is 0 Å². The van der Waals surface area contributed by atoms with E-state index in [4.69, 9.17) is 21.1 Å². The predicted molar refractivity (Wildman–Crippen MR) is 80.9 cm³/mol. The fraction of sp³-hybridized carbons (Fsp3) is 0.600. The zero-order valence-corrected chi connectivity index (χ0v) is 13.2. The highest BCUT2D eigenvalue weighted by atomic mass is 35.5. The summed E-state index contributed by atoms with van der Waals surface area (Å²) < 4.78 is 11.0. The number of carbonyl (C=O) groups excluding carboxylic acids is 1. The van der Waals surface area contributed by atoms with Crippen molar-refractivity contribution in [2.75, 3.05) is 13.2 Å². The van der Waals surface area contributed by atoms with Crippen molar-refractivity contribution in [3.8, 4) is 5.88 Å². The molecule has 2 rings (SSSR count). The van der Waals surface area contributed by atoms with E-state index in [0.717, 1.165) is 19.3 Å². The Labute approximate surface area is 130 Å². The molecule has 2 heterocycles. The van der Waals surface area contributed by atoms with E-state index in [-0.39, 0.29) is 18.1 Å². The molecular weight excluding hydrogens is 292 g/mol. The maximum atomic E-state index is 12.0. The molecule has 0 bridgehead atoms. The fourth-order valence-corrected chi connectivity index (χ4v) is 2.21. The normalized spacial score (nSPS) is 17.3. The second-order valence-corrected chi connectivity index (χ2v) is 5.63. The van der Waals surface area contributed by atoms with E-state index in [0.29, 0.717) is 29.7 Å². The molecule has 1 fully saturated rings. The van der Waals surface area contributed by atoms with E-state index in [1.54, 1.807) is 6.07 Å². The van der Waals surface area contributed by atoms with Crippen LogP contribution in [0.2, 0.25) is 5.02 Å². The molecule has 1 N–H and O–H groups in total. The molecule has 0 radical (unpaired) electrons. The van der Waals surface area contributed by atoms with Crippen LogP contribution in [0.5, 0.6) is 5.88 Å². The lowest BCUT2D eigenvalue weighted by molar-refractivity contribution is 0.0238. The molecule has 1 aromatic heterocycles. The Morgan fingerprint density at radius 1 is 1.57 bits per heavy atom. The van der Waals surface area contributed by atoms with Crippen molar-refractivity contribution in [2.24, 2.45) is 0 Å². The number of ether oxygens (including phenoxy) is 2. The van der Waals surface area contributed by atoms with Gasteiger partial charge in [0, 0.05) is 25.1 Å². The number of hydrogen-bond donors (Lipinski definition) is 1. The Balaban J connectivity index is 2.01. The van der Waals surface area contributed by atoms with Crippen molar-refractivity contribution in [1.29, 1.82) is 0 Å². The van der Waals surface area contributed by atoms with Crippen LogP contribution in [0.3, 0.4) is 0 Å². The van der Waals surface area contributed by atoms with Gasteiger partial charge in [-0.15, -0.1) is 0 Å². The molecule has 116 valence electrons. The Kier molecular flexibility index (Phi) is 5.82. The summed E-state index contributed by atoms with van der Waals surface area (Å²) in [6, 6.07) is 1.72. The molecule has 1 aliphatic heterocycles. The molecule has 0 saturated carbocycles. The first-order valence-corrected chi connectivity index (χ1v) is 7.68. The van der Waals surface area contributed by atoms with E-state index < -0.39 is 0 Å². The van der Waals surface area contributed by atoms with Gasteiger partial charge < -0.3 is 14.8 Å². The number of nitrogens with one attached hydrogen (secondary N) is 1. The smallest absolute Gasteiger partial charge is 0.253 e. The second kappa shape index (κ2) is 7.61. The van der Waals surface area contributed by atoms with E-state index in [1.165, 1.54) is 6.20 Å². The van der Waals surface area contributed by atoms with Gasteiger partial charge in [0.25, 0.3) is 5.91 Å². The Hall–Kier alpha value is -1.33. The van der Waals surface area contributed by atoms with Gasteiger partial charge in [-0.1, -0.05) is 18.5 Å². The van der Waals surface area contributed by atoms with Gasteiger partial charge in [-0.2, -0.15) is 0 Å². The summed E-state index contributed by atoms with van der Waals surface area (Å²) in [7, 11) is 0. The molecule has 1 aliphatic rings. The van der Waals surface area contributed by atoms with Crippen molar-refractivity contribution in [1.82, 2.24) is 10.3 Å². The lowest BCUT2D eigenvalue weighted by atomic mass is 10.1. The Bertz CT molecular complexity index is 490. The van der Waals surface area contributed by atoms with Crippen LogP contribution in [0, 0.1) is 0 Å². The number of pyridine rings is 1. The molecule has 1 atom stereocenters. The summed E-state index contributed by atoms with van der Waals surface area (Å²) in [4.78, 5) is 16.2. The molecule has 1 unspecified atom stereocenters. The molecule has 6 heteroatoms. The fourth-order valence-electron chi connectivity index (χ4n) is 2.00. The molecule has 1 aromatic rings. The third kappa shape index (κ3) is 4.58. The maximum Gasteiger partial charge on any atom is 0.253 e. The standard InChI is InChI=1S/C15H21ClN2O3/c1-3-10(2)18-14(19)11-8-13(16)15(17-9-11)21-12-4-6-20-7-5-12/h8-10,12H,3-7H2,1-2H3,(H,18,19). The molecule has 0 aromatic carbocycles. The summed E-state index contributed by atoms with van der Waals surface area (Å²) in [5.74, 6) is 0.208. The number of nitrogens with zero attached hydrogens (tertiary/aromatic N) is 1. The number of carbonyl (C=O) groups is 1. The third-order valence-electron chi connectivity index (χ3n) is 3.51. The van der Waals surface area contributed by atoms with Gasteiger partial charge in [0.05, 0.1) is 18.8 Å². The minimum atomic E-state index is -0.170. The summed E-state index contributed by atoms with van der Waals surface area (Å²) in [5, 5.41) is 3.24. The highest BCUT2D eigenvalue weighted by Gasteiger charge is 2.18. The van der Waals surface area contributed by atoms with E-state index in [2.05, 4.69) is 10.3 Å². The summed E-state index contributed by atoms with van der Waals surface area (Å²) in [6.45, 7) is 5.35. The van der Waals surface area contributed by atoms with Crippen LogP contribution >= 0.6 is 11.6 Å². The first-order valence-electron chi connectivity index (χ1n) is 7.31. The van der Waals surface area contributed by atoms with Crippen LogP contribution in [0.25, 0.3) is 0 Å². The van der Waals surface area contributed by atoms with Gasteiger partial charge in [0.15, 0.2) is 0 Å². The van der Waals surface area contributed by atoms with Crippen LogP contribution in [0.1, 0.15) is 43.5 Å². The highest BCUT2D eigenvalue weighted by molar-refractivity contribution is 6.32. The lowest BCUT2D eigenvalue weighted by Crippen LogP contribution is -2.32. The maximum absolute atomic E-state index is 12.0. The molecular formula is C15H21ClN2O3. The molecule has 0 spiro atoms. The number of hydrogen-bond acceptors (Lipinski definition) is 4. The average molecular weight is 313 g/mol. The monoisotopic (exact) mass is 312 g/mol. The van der Waals surface area contributed by atoms with Gasteiger partial charge in [-0.25, -0.2) is 4.98 Å². The van der Waals surface area contributed by atoms with Gasteiger partial charge in [-0.3, -0.25) is 4.79 Å². The Morgan fingerprint density at radius 2 is 2.29 bits per heavy atom. The topological polar surface area (TPSA) is 60.5 Å². The van der Waals surface area contributed by atoms with Gasteiger partial charge in [-0.05, 0) is 19.4 Å². The van der Waals surface area contributed by atoms with Crippen molar-refractivity contribution in [3.05, 3.63) is 22.8 Å². The average Bonchev–Trinajstić information content (AvgIpc) is 2.50. The number of amides is 1. The Morgan fingerprint density at radius 3 is 2.90 bits per heavy atom. The lowest BCUT2D eigenvalue weighted by Gasteiger charge is -2.23. The first-order chi connectivity index (χ1) is 10.1. The van der Waals surface area contributed by atoms with Crippen LogP contribution in [-0.4, -0.2) is 36.3 Å². The van der Waals surface area contributed by atoms with Crippen LogP contribution in [-0.2, 0) is 4.74 Å². The molecule has 5 nitrogen and oxygen atoms in total. The van der Waals surface area contributed by atoms with Gasteiger partial charge >= 0.3 is 0 Å². The SMILES string of the molecule is CCC(C)NC(=O)c1cnc(OC2CCOCC2)c(Cl)c1. The van der Waals surface area contributed by atoms with Gasteiger partial charge in [0.2, 0.25) is 5.88 Å². The number of aromatic nitrogens is 1. The summed E-state index contributed by atoms with van der Waals surface area (Å²) in [6.07, 6.45) is 4.10. The van der Waals surface area contributed by atoms with Crippen LogP contribution in [0.15, 0.2) is 12.3 Å². The minimum absolute atomic E-state index is 0.0727. The zero-order chi connectivity index (χ0) is 15.2. The zero-order valence-electron chi connectivity index (χ0n) is 12.4. The third-order valence-corrected chi connectivity index (χ3v) is 3.78. The van der Waals surface area contributed by atoms with Crippen molar-refractivity contribution >= 4 is 17.5 Å². The molecule has 21 heavy (non-hydrogen) atoms. The molecule has 1 saturated heterocycles. The van der Waals surface area contributed by atoms with Crippen molar-refractivity contribution < 1.29 is 14.3 Å². The van der Waals surface area contributed by atoms with Crippen molar-refractivity contribution in [2.45, 2.75) is 45.3 Å². The predicted octanol–water partition coefficient (Wildman–Crippen LogP) is 2.82. The summed E-state index contributed by atoms with van der Waals surface area (Å²) >= 11 is 6.16. The van der Waals surface area contributed by atoms with E-state index in [9.17, 15) is 4.79 Å². The van der Waals surface area contributed by atoms with Gasteiger partial charge in [0.1, 0.15) is 11.1 Å². The second-order valence-electron chi connectivity index (χ2n) is 5.22. The molecule has 0 aliphatic carbocycles.